The van der Waals surface area contributed by atoms with Gasteiger partial charge in [-0.2, -0.15) is 0 Å². The molecule has 4 rings (SSSR count). The van der Waals surface area contributed by atoms with E-state index in [-0.39, 0.29) is 45.9 Å². The second-order valence-electron chi connectivity index (χ2n) is 13.1. The Kier molecular flexibility index (Phi) is 8.60. The molecular weight excluding hydrogens is 486 g/mol. The van der Waals surface area contributed by atoms with Crippen molar-refractivity contribution >= 4 is 23.5 Å². The normalized spacial score (nSPS) is 48.4. The molecule has 4 aliphatic carbocycles. The van der Waals surface area contributed by atoms with Crippen molar-refractivity contribution in [3.8, 4) is 0 Å². The van der Waals surface area contributed by atoms with Crippen LogP contribution in [0.5, 0.6) is 0 Å². The molecule has 210 valence electrons. The van der Waals surface area contributed by atoms with Crippen LogP contribution in [0.4, 0.5) is 0 Å². The van der Waals surface area contributed by atoms with Crippen molar-refractivity contribution in [2.75, 3.05) is 12.8 Å². The average molecular weight is 536 g/mol. The van der Waals surface area contributed by atoms with Gasteiger partial charge in [-0.1, -0.05) is 33.8 Å². The highest BCUT2D eigenvalue weighted by Gasteiger charge is 2.68. The van der Waals surface area contributed by atoms with Gasteiger partial charge in [0.15, 0.2) is 0 Å². The zero-order valence-corrected chi connectivity index (χ0v) is 24.3. The summed E-state index contributed by atoms with van der Waals surface area (Å²) in [6.45, 7) is 12.6. The number of hydrogen-bond acceptors (Lipinski definition) is 7. The molecule has 0 aliphatic heterocycles. The fourth-order valence-corrected chi connectivity index (χ4v) is 9.69. The van der Waals surface area contributed by atoms with Gasteiger partial charge in [0.2, 0.25) is 0 Å². The van der Waals surface area contributed by atoms with Crippen LogP contribution < -0.4 is 5.32 Å². The Morgan fingerprint density at radius 2 is 1.86 bits per heavy atom. The molecule has 2 bridgehead atoms. The molecule has 37 heavy (non-hydrogen) atoms. The summed E-state index contributed by atoms with van der Waals surface area (Å²) in [4.78, 5) is 26.9. The lowest BCUT2D eigenvalue weighted by Crippen LogP contribution is -2.63. The number of aliphatic hydroxyl groups excluding tert-OH is 2. The van der Waals surface area contributed by atoms with E-state index in [4.69, 9.17) is 4.74 Å². The number of rotatable bonds is 6. The molecule has 6 nitrogen and oxygen atoms in total. The van der Waals surface area contributed by atoms with Crippen molar-refractivity contribution in [2.24, 2.45) is 34.0 Å². The first kappa shape index (κ1) is 29.1. The molecule has 0 saturated heterocycles. The lowest BCUT2D eigenvalue weighted by molar-refractivity contribution is -0.205. The molecule has 4 aliphatic rings. The second kappa shape index (κ2) is 10.9. The Balaban J connectivity index is 1.59. The van der Waals surface area contributed by atoms with Crippen LogP contribution in [-0.4, -0.2) is 64.4 Å². The molecule has 11 atom stereocenters. The zero-order chi connectivity index (χ0) is 27.2. The fourth-order valence-electron chi connectivity index (χ4n) is 8.61. The molecule has 0 heterocycles. The lowest BCUT2D eigenvalue weighted by Gasteiger charge is -2.61. The number of esters is 1. The number of aliphatic hydroxyl groups is 2. The van der Waals surface area contributed by atoms with Gasteiger partial charge in [-0.15, -0.1) is 18.3 Å². The summed E-state index contributed by atoms with van der Waals surface area (Å²) in [5, 5.41) is 25.6. The molecule has 0 amide bonds. The number of carbonyl (C=O) groups excluding carboxylic acids is 2. The van der Waals surface area contributed by atoms with Crippen LogP contribution in [0.25, 0.3) is 0 Å². The van der Waals surface area contributed by atoms with Crippen LogP contribution in [0.1, 0.15) is 85.5 Å². The van der Waals surface area contributed by atoms with Crippen LogP contribution in [0.3, 0.4) is 0 Å². The largest absolute Gasteiger partial charge is 0.461 e. The predicted molar refractivity (Wildman–Crippen MR) is 148 cm³/mol. The number of Topliss-reactive ketones (excluding diaryl/α,β-unsaturated/α-hetero) is 1. The topological polar surface area (TPSA) is 95.9 Å². The summed E-state index contributed by atoms with van der Waals surface area (Å²) < 4.78 is 6.36. The molecule has 4 fully saturated rings. The smallest absolute Gasteiger partial charge is 0.316 e. The highest BCUT2D eigenvalue weighted by atomic mass is 32.2. The van der Waals surface area contributed by atoms with E-state index < -0.39 is 29.1 Å². The van der Waals surface area contributed by atoms with Gasteiger partial charge >= 0.3 is 5.97 Å². The molecule has 0 aromatic rings. The number of carbonyl (C=O) groups is 2. The summed E-state index contributed by atoms with van der Waals surface area (Å²) in [5.74, 6) is 0.129. The minimum absolute atomic E-state index is 0.0117. The van der Waals surface area contributed by atoms with Crippen LogP contribution >= 0.6 is 11.8 Å². The Labute approximate surface area is 227 Å². The van der Waals surface area contributed by atoms with Gasteiger partial charge in [0.1, 0.15) is 11.9 Å². The minimum Gasteiger partial charge on any atom is -0.461 e. The monoisotopic (exact) mass is 535 g/mol. The molecule has 0 aromatic carbocycles. The first-order chi connectivity index (χ1) is 17.4. The Morgan fingerprint density at radius 1 is 1.16 bits per heavy atom. The van der Waals surface area contributed by atoms with Crippen LogP contribution in [0.15, 0.2) is 12.7 Å². The van der Waals surface area contributed by atoms with E-state index in [1.807, 2.05) is 20.0 Å². The SMILES string of the molecule is C=C[C@]1(C)C[C@@H](OC(=O)CSC2CCC(NC)CCC2O)[C@]2(C)C(C)CCC3(CCC(=O)C32)[C@@H](C)C1O. The molecular formula is C30H49NO5S. The fraction of sp³-hybridized carbons (Fsp3) is 0.867. The highest BCUT2D eigenvalue weighted by Crippen LogP contribution is 2.68. The molecule has 7 unspecified atom stereocenters. The highest BCUT2D eigenvalue weighted by molar-refractivity contribution is 8.00. The van der Waals surface area contributed by atoms with E-state index in [0.29, 0.717) is 18.9 Å². The molecule has 3 N–H and O–H groups in total. The Morgan fingerprint density at radius 3 is 2.54 bits per heavy atom. The first-order valence-corrected chi connectivity index (χ1v) is 15.5. The van der Waals surface area contributed by atoms with Crippen LogP contribution in [0, 0.1) is 34.0 Å². The zero-order valence-electron chi connectivity index (χ0n) is 23.5. The molecule has 0 spiro atoms. The van der Waals surface area contributed by atoms with Crippen molar-refractivity contribution in [3.05, 3.63) is 12.7 Å². The van der Waals surface area contributed by atoms with Gasteiger partial charge in [-0.25, -0.2) is 0 Å². The standard InChI is InChI=1S/C30H49NO5S/c1-7-28(4)16-24(36-25(34)17-37-23-11-9-20(31-6)8-10-21(23)32)29(5)18(2)12-14-30(19(3)27(28)35)15-13-22(33)26(29)30/h7,18-21,23-24,26-27,31-32,35H,1,8-17H2,2-6H3/t18?,19-,20?,21?,23?,24+,26?,27?,28+,29-,30?/m0/s1. The van der Waals surface area contributed by atoms with E-state index in [1.54, 1.807) is 0 Å². The second-order valence-corrected chi connectivity index (χ2v) is 14.3. The summed E-state index contributed by atoms with van der Waals surface area (Å²) in [7, 11) is 1.96. The quantitative estimate of drug-likeness (QED) is 0.261. The Hall–Kier alpha value is -0.890. The van der Waals surface area contributed by atoms with E-state index >= 15 is 0 Å². The Bertz CT molecular complexity index is 882. The molecule has 4 saturated carbocycles. The van der Waals surface area contributed by atoms with Crippen LogP contribution in [0.2, 0.25) is 0 Å². The van der Waals surface area contributed by atoms with E-state index in [0.717, 1.165) is 44.9 Å². The third kappa shape index (κ3) is 4.96. The third-order valence-corrected chi connectivity index (χ3v) is 12.8. The van der Waals surface area contributed by atoms with Gasteiger partial charge in [0.25, 0.3) is 0 Å². The van der Waals surface area contributed by atoms with E-state index in [1.165, 1.54) is 11.8 Å². The van der Waals surface area contributed by atoms with Gasteiger partial charge in [0, 0.05) is 34.5 Å². The number of ether oxygens (including phenoxy) is 1. The maximum Gasteiger partial charge on any atom is 0.316 e. The third-order valence-electron chi connectivity index (χ3n) is 11.4. The summed E-state index contributed by atoms with van der Waals surface area (Å²) >= 11 is 1.50. The summed E-state index contributed by atoms with van der Waals surface area (Å²) in [6, 6.07) is 0.407. The minimum atomic E-state index is -0.659. The molecule has 7 heteroatoms. The van der Waals surface area contributed by atoms with Gasteiger partial charge < -0.3 is 20.3 Å². The predicted octanol–water partition coefficient (Wildman–Crippen LogP) is 4.52. The maximum atomic E-state index is 13.5. The molecule has 0 radical (unpaired) electrons. The van der Waals surface area contributed by atoms with Gasteiger partial charge in [-0.3, -0.25) is 9.59 Å². The lowest BCUT2D eigenvalue weighted by atomic mass is 9.44. The van der Waals surface area contributed by atoms with Gasteiger partial charge in [-0.05, 0) is 75.7 Å². The summed E-state index contributed by atoms with van der Waals surface area (Å²) in [6.07, 6.45) is 7.47. The number of nitrogens with one attached hydrogen (secondary N) is 1. The van der Waals surface area contributed by atoms with Crippen molar-refractivity contribution in [1.29, 1.82) is 0 Å². The van der Waals surface area contributed by atoms with Crippen molar-refractivity contribution in [3.63, 3.8) is 0 Å². The summed E-state index contributed by atoms with van der Waals surface area (Å²) in [5.41, 5.74) is -1.39. The average Bonchev–Trinajstić information content (AvgIpc) is 3.12. The van der Waals surface area contributed by atoms with Crippen LogP contribution in [-0.2, 0) is 14.3 Å². The van der Waals surface area contributed by atoms with Gasteiger partial charge in [0.05, 0.1) is 18.0 Å². The van der Waals surface area contributed by atoms with Crippen molar-refractivity contribution in [1.82, 2.24) is 5.32 Å². The van der Waals surface area contributed by atoms with Crippen molar-refractivity contribution < 1.29 is 24.5 Å². The number of ketones is 1. The molecule has 0 aromatic heterocycles. The number of hydrogen-bond donors (Lipinski definition) is 3. The van der Waals surface area contributed by atoms with E-state index in [9.17, 15) is 19.8 Å². The number of thioether (sulfide) groups is 1. The maximum absolute atomic E-state index is 13.5. The van der Waals surface area contributed by atoms with E-state index in [2.05, 4.69) is 32.7 Å². The first-order valence-electron chi connectivity index (χ1n) is 14.4. The van der Waals surface area contributed by atoms with Crippen molar-refractivity contribution in [2.45, 2.75) is 115 Å².